The highest BCUT2D eigenvalue weighted by Gasteiger charge is 2.53. The first-order chi connectivity index (χ1) is 27.3. The number of anilines is 6. The van der Waals surface area contributed by atoms with Crippen LogP contribution in [0.15, 0.2) is 218 Å². The van der Waals surface area contributed by atoms with Crippen molar-refractivity contribution in [1.29, 1.82) is 0 Å². The van der Waals surface area contributed by atoms with Gasteiger partial charge in [-0.2, -0.15) is 0 Å². The second kappa shape index (κ2) is 12.5. The first-order valence-corrected chi connectivity index (χ1v) is 19.0. The Labute approximate surface area is 321 Å². The molecule has 1 atom stereocenters. The lowest BCUT2D eigenvalue weighted by Crippen LogP contribution is -2.27. The molecule has 1 unspecified atom stereocenters. The van der Waals surface area contributed by atoms with Gasteiger partial charge in [-0.25, -0.2) is 0 Å². The van der Waals surface area contributed by atoms with Gasteiger partial charge in [-0.3, -0.25) is 0 Å². The zero-order valence-electron chi connectivity index (χ0n) is 30.2. The Hall–Kier alpha value is -7.16. The molecule has 55 heavy (non-hydrogen) atoms. The van der Waals surface area contributed by atoms with E-state index in [1.807, 2.05) is 0 Å². The quantitative estimate of drug-likeness (QED) is 0.170. The van der Waals surface area contributed by atoms with E-state index in [0.717, 1.165) is 34.1 Å². The number of nitrogens with zero attached hydrogens (tertiary/aromatic N) is 2. The average Bonchev–Trinajstić information content (AvgIpc) is 3.73. The van der Waals surface area contributed by atoms with Gasteiger partial charge in [0.05, 0.1) is 11.1 Å². The van der Waals surface area contributed by atoms with Gasteiger partial charge in [-0.05, 0) is 110 Å². The van der Waals surface area contributed by atoms with Crippen molar-refractivity contribution in [3.8, 4) is 22.3 Å². The van der Waals surface area contributed by atoms with Crippen molar-refractivity contribution in [2.75, 3.05) is 9.80 Å². The summed E-state index contributed by atoms with van der Waals surface area (Å²) < 4.78 is 0. The Bertz CT molecular complexity index is 2790. The van der Waals surface area contributed by atoms with Crippen LogP contribution in [-0.2, 0) is 5.41 Å². The molecule has 1 spiro atoms. The van der Waals surface area contributed by atoms with Crippen LogP contribution in [-0.4, -0.2) is 0 Å². The van der Waals surface area contributed by atoms with Crippen LogP contribution < -0.4 is 9.80 Å². The average molecular weight is 701 g/mol. The molecule has 9 aromatic carbocycles. The maximum atomic E-state index is 2.50. The van der Waals surface area contributed by atoms with E-state index >= 15 is 0 Å². The summed E-state index contributed by atoms with van der Waals surface area (Å²) in [6, 6.07) is 80.0. The fraction of sp³-hybridized carbons (Fsp3) is 0.0189. The van der Waals surface area contributed by atoms with E-state index in [0.29, 0.717) is 0 Å². The van der Waals surface area contributed by atoms with Gasteiger partial charge >= 0.3 is 0 Å². The molecular weight excluding hydrogens is 665 g/mol. The fourth-order valence-corrected chi connectivity index (χ4v) is 9.49. The van der Waals surface area contributed by atoms with Gasteiger partial charge in [-0.1, -0.05) is 158 Å². The lowest BCUT2D eigenvalue weighted by atomic mass is 9.69. The molecule has 11 rings (SSSR count). The van der Waals surface area contributed by atoms with E-state index in [1.165, 1.54) is 55.3 Å². The summed E-state index contributed by atoms with van der Waals surface area (Å²) in [7, 11) is 0. The second-order valence-corrected chi connectivity index (χ2v) is 14.5. The molecule has 258 valence electrons. The number of fused-ring (bicyclic) bond motifs is 12. The number of rotatable bonds is 6. The van der Waals surface area contributed by atoms with E-state index in [1.54, 1.807) is 0 Å². The van der Waals surface area contributed by atoms with E-state index in [4.69, 9.17) is 0 Å². The Kier molecular flexibility index (Phi) is 7.11. The summed E-state index contributed by atoms with van der Waals surface area (Å²) in [4.78, 5) is 4.87. The molecule has 0 amide bonds. The highest BCUT2D eigenvalue weighted by molar-refractivity contribution is 6.07. The molecule has 2 nitrogen and oxygen atoms in total. The fourth-order valence-electron chi connectivity index (χ4n) is 9.49. The van der Waals surface area contributed by atoms with Crippen LogP contribution in [0.5, 0.6) is 0 Å². The van der Waals surface area contributed by atoms with Gasteiger partial charge in [0, 0.05) is 34.0 Å². The first kappa shape index (κ1) is 31.4. The minimum atomic E-state index is -0.568. The molecule has 0 fully saturated rings. The third kappa shape index (κ3) is 4.62. The SMILES string of the molecule is c1ccc(N(c2ccccc2)c2cc(N(c3ccccc3)c3ccccc3)c3c(c2)C2(c4ccccc4-c4ccc5ccccc5c42)c2ccccc2-3)cc1. The van der Waals surface area contributed by atoms with E-state index in [9.17, 15) is 0 Å². The smallest absolute Gasteiger partial charge is 0.0733 e. The predicted octanol–water partition coefficient (Wildman–Crippen LogP) is 14.1. The van der Waals surface area contributed by atoms with Crippen molar-refractivity contribution in [3.05, 3.63) is 241 Å². The molecule has 0 aliphatic heterocycles. The highest BCUT2D eigenvalue weighted by Crippen LogP contribution is 2.66. The second-order valence-electron chi connectivity index (χ2n) is 14.5. The molecule has 0 N–H and O–H groups in total. The van der Waals surface area contributed by atoms with Crippen molar-refractivity contribution in [2.45, 2.75) is 5.41 Å². The molecule has 2 aliphatic carbocycles. The van der Waals surface area contributed by atoms with Crippen molar-refractivity contribution < 1.29 is 0 Å². The highest BCUT2D eigenvalue weighted by atomic mass is 15.2. The normalized spacial score (nSPS) is 14.6. The molecule has 2 heteroatoms. The summed E-state index contributed by atoms with van der Waals surface area (Å²) in [5.41, 5.74) is 16.5. The molecule has 0 heterocycles. The van der Waals surface area contributed by atoms with Crippen LogP contribution in [0.2, 0.25) is 0 Å². The monoisotopic (exact) mass is 700 g/mol. The van der Waals surface area contributed by atoms with Crippen molar-refractivity contribution in [3.63, 3.8) is 0 Å². The van der Waals surface area contributed by atoms with Crippen LogP contribution >= 0.6 is 0 Å². The molecule has 0 saturated heterocycles. The maximum Gasteiger partial charge on any atom is 0.0733 e. The molecule has 0 bridgehead atoms. The Morgan fingerprint density at radius 2 is 0.782 bits per heavy atom. The first-order valence-electron chi connectivity index (χ1n) is 19.0. The van der Waals surface area contributed by atoms with Gasteiger partial charge in [0.2, 0.25) is 0 Å². The molecule has 0 radical (unpaired) electrons. The van der Waals surface area contributed by atoms with E-state index in [2.05, 4.69) is 228 Å². The van der Waals surface area contributed by atoms with E-state index < -0.39 is 5.41 Å². The summed E-state index contributed by atoms with van der Waals surface area (Å²) in [5.74, 6) is 0. The van der Waals surface area contributed by atoms with Gasteiger partial charge in [-0.15, -0.1) is 0 Å². The van der Waals surface area contributed by atoms with Crippen LogP contribution in [0, 0.1) is 0 Å². The molecular formula is C53H36N2. The van der Waals surface area contributed by atoms with Gasteiger partial charge in [0.1, 0.15) is 0 Å². The predicted molar refractivity (Wildman–Crippen MR) is 230 cm³/mol. The maximum absolute atomic E-state index is 2.50. The largest absolute Gasteiger partial charge is 0.310 e. The summed E-state index contributed by atoms with van der Waals surface area (Å²) in [6.45, 7) is 0. The summed E-state index contributed by atoms with van der Waals surface area (Å²) in [5, 5.41) is 2.54. The van der Waals surface area contributed by atoms with Crippen LogP contribution in [0.25, 0.3) is 33.0 Å². The lowest BCUT2D eigenvalue weighted by Gasteiger charge is -2.35. The number of para-hydroxylation sites is 4. The van der Waals surface area contributed by atoms with Crippen molar-refractivity contribution >= 4 is 44.9 Å². The minimum Gasteiger partial charge on any atom is -0.310 e. The van der Waals surface area contributed by atoms with E-state index in [-0.39, 0.29) is 0 Å². The van der Waals surface area contributed by atoms with Crippen LogP contribution in [0.4, 0.5) is 34.1 Å². The zero-order chi connectivity index (χ0) is 36.3. The topological polar surface area (TPSA) is 6.48 Å². The summed E-state index contributed by atoms with van der Waals surface area (Å²) in [6.07, 6.45) is 0. The van der Waals surface area contributed by atoms with Gasteiger partial charge < -0.3 is 9.80 Å². The number of hydrogen-bond donors (Lipinski definition) is 0. The number of benzene rings is 9. The molecule has 0 saturated carbocycles. The molecule has 0 aromatic heterocycles. The zero-order valence-corrected chi connectivity index (χ0v) is 30.2. The lowest BCUT2D eigenvalue weighted by molar-refractivity contribution is 0.801. The minimum absolute atomic E-state index is 0.568. The van der Waals surface area contributed by atoms with Gasteiger partial charge in [0.25, 0.3) is 0 Å². The van der Waals surface area contributed by atoms with Crippen molar-refractivity contribution in [2.24, 2.45) is 0 Å². The Balaban J connectivity index is 1.34. The third-order valence-electron chi connectivity index (χ3n) is 11.6. The summed E-state index contributed by atoms with van der Waals surface area (Å²) >= 11 is 0. The molecule has 2 aliphatic rings. The van der Waals surface area contributed by atoms with Crippen LogP contribution in [0.1, 0.15) is 22.3 Å². The Morgan fingerprint density at radius 3 is 1.38 bits per heavy atom. The van der Waals surface area contributed by atoms with Crippen LogP contribution in [0.3, 0.4) is 0 Å². The number of hydrogen-bond acceptors (Lipinski definition) is 2. The standard InChI is InChI=1S/C53H36N2/c1-5-20-38(21-6-1)54(39-22-7-2-8-23-39)42-35-49-51(50(36-42)55(40-24-9-3-10-25-40)41-26-11-4-12-27-41)46-30-16-18-32-48(46)53(49)47-31-17-15-29-44(47)45-34-33-37-19-13-14-28-43(37)52(45)53/h1-36H. The van der Waals surface area contributed by atoms with Crippen molar-refractivity contribution in [1.82, 2.24) is 0 Å². The molecule has 9 aromatic rings. The van der Waals surface area contributed by atoms with Gasteiger partial charge in [0.15, 0.2) is 0 Å². The third-order valence-corrected chi connectivity index (χ3v) is 11.6. The Morgan fingerprint density at radius 1 is 0.309 bits per heavy atom.